The monoisotopic (exact) mass is 373 g/mol. The summed E-state index contributed by atoms with van der Waals surface area (Å²) in [6, 6.07) is 18.8. The Morgan fingerprint density at radius 2 is 1.50 bits per heavy atom. The largest absolute Gasteiger partial charge is 0.365 e. The normalized spacial score (nSPS) is 14.9. The Balaban J connectivity index is 1.90. The molecule has 1 aliphatic carbocycles. The van der Waals surface area contributed by atoms with Crippen molar-refractivity contribution in [3.05, 3.63) is 89.2 Å². The van der Waals surface area contributed by atoms with Crippen molar-refractivity contribution in [2.24, 2.45) is 10.6 Å². The van der Waals surface area contributed by atoms with Crippen LogP contribution in [0.4, 0.5) is 0 Å². The summed E-state index contributed by atoms with van der Waals surface area (Å²) < 4.78 is 0. The van der Waals surface area contributed by atoms with Crippen LogP contribution in [0.15, 0.2) is 83.2 Å². The smallest absolute Gasteiger partial charge is 0.312 e. The van der Waals surface area contributed by atoms with E-state index in [2.05, 4.69) is 30.8 Å². The molecule has 0 aliphatic heterocycles. The van der Waals surface area contributed by atoms with E-state index >= 15 is 0 Å². The number of carbonyl (C=O) groups excluding carboxylic acids is 1. The number of carbonyl (C=O) groups is 1. The van der Waals surface area contributed by atoms with E-state index in [0.717, 1.165) is 18.4 Å². The molecule has 1 fully saturated rings. The van der Waals surface area contributed by atoms with Gasteiger partial charge in [0.1, 0.15) is 0 Å². The van der Waals surface area contributed by atoms with Crippen LogP contribution in [0.2, 0.25) is 0 Å². The Kier molecular flexibility index (Phi) is 6.62. The summed E-state index contributed by atoms with van der Waals surface area (Å²) >= 11 is 0. The Hall–Kier alpha value is -2.90. The van der Waals surface area contributed by atoms with Crippen molar-refractivity contribution in [1.82, 2.24) is 0 Å². The van der Waals surface area contributed by atoms with Gasteiger partial charge in [0, 0.05) is 11.0 Å². The first kappa shape index (κ1) is 19.9. The Bertz CT molecular complexity index is 881. The predicted octanol–water partition coefficient (Wildman–Crippen LogP) is 6.32. The number of allylic oxidation sites excluding steroid dienone is 1. The van der Waals surface area contributed by atoms with Crippen LogP contribution in [0, 0.1) is 5.41 Å². The van der Waals surface area contributed by atoms with Crippen LogP contribution >= 0.6 is 0 Å². The second kappa shape index (κ2) is 9.34. The summed E-state index contributed by atoms with van der Waals surface area (Å²) in [5.74, 6) is -0.459. The maximum Gasteiger partial charge on any atom is 0.365 e. The van der Waals surface area contributed by atoms with E-state index in [-0.39, 0.29) is 0 Å². The van der Waals surface area contributed by atoms with Gasteiger partial charge in [-0.05, 0) is 63.3 Å². The zero-order chi connectivity index (χ0) is 19.8. The van der Waals surface area contributed by atoms with Crippen LogP contribution in [-0.4, -0.2) is 11.7 Å². The minimum absolute atomic E-state index is 0.428. The highest BCUT2D eigenvalue weighted by atomic mass is 16.7. The van der Waals surface area contributed by atoms with Crippen molar-refractivity contribution in [3.8, 4) is 0 Å². The lowest BCUT2D eigenvalue weighted by molar-refractivity contribution is 0.0513. The van der Waals surface area contributed by atoms with E-state index in [0.29, 0.717) is 11.3 Å². The molecule has 1 aliphatic rings. The van der Waals surface area contributed by atoms with Crippen LogP contribution in [0.25, 0.3) is 0 Å². The summed E-state index contributed by atoms with van der Waals surface area (Å²) in [5.41, 5.74) is 6.57. The topological polar surface area (TPSA) is 38.7 Å². The SMILES string of the molecule is CC(C)(C=C=C1CCCCC1)/C(=N/OC(=O)c1ccccc1)c1ccccc1. The van der Waals surface area contributed by atoms with Gasteiger partial charge in [0.15, 0.2) is 0 Å². The first-order valence-electron chi connectivity index (χ1n) is 9.92. The van der Waals surface area contributed by atoms with Gasteiger partial charge in [-0.3, -0.25) is 0 Å². The lowest BCUT2D eigenvalue weighted by Gasteiger charge is -2.22. The molecule has 0 atom stereocenters. The summed E-state index contributed by atoms with van der Waals surface area (Å²) in [6.07, 6.45) is 8.09. The van der Waals surface area contributed by atoms with Gasteiger partial charge in [0.05, 0.1) is 11.3 Å². The maximum absolute atomic E-state index is 12.4. The molecule has 3 heteroatoms. The molecule has 0 saturated heterocycles. The maximum atomic E-state index is 12.4. The average Bonchev–Trinajstić information content (AvgIpc) is 2.74. The average molecular weight is 373 g/mol. The molecule has 0 N–H and O–H groups in total. The number of benzene rings is 2. The van der Waals surface area contributed by atoms with Crippen LogP contribution in [-0.2, 0) is 4.84 Å². The molecule has 0 aromatic heterocycles. The quantitative estimate of drug-likeness (QED) is 0.266. The fourth-order valence-corrected chi connectivity index (χ4v) is 3.33. The lowest BCUT2D eigenvalue weighted by atomic mass is 9.83. The Morgan fingerprint density at radius 3 is 2.11 bits per heavy atom. The molecule has 28 heavy (non-hydrogen) atoms. The number of nitrogens with zero attached hydrogens (tertiary/aromatic N) is 1. The highest BCUT2D eigenvalue weighted by Crippen LogP contribution is 2.27. The van der Waals surface area contributed by atoms with E-state index in [4.69, 9.17) is 4.84 Å². The molecule has 1 saturated carbocycles. The number of hydrogen-bond donors (Lipinski definition) is 0. The summed E-state index contributed by atoms with van der Waals surface area (Å²) in [5, 5.41) is 4.29. The standard InChI is InChI=1S/C25H27NO2/c1-25(2,19-18-20-12-6-3-7-13-20)23(21-14-8-4-9-15-21)26-28-24(27)22-16-10-5-11-17-22/h4-5,8-11,14-17,19H,3,6-7,12-13H2,1-2H3/b26-23+. The van der Waals surface area contributed by atoms with Crippen LogP contribution in [0.5, 0.6) is 0 Å². The first-order chi connectivity index (χ1) is 13.6. The summed E-state index contributed by atoms with van der Waals surface area (Å²) in [6.45, 7) is 4.15. The molecular formula is C25H27NO2. The van der Waals surface area contributed by atoms with E-state index < -0.39 is 11.4 Å². The lowest BCUT2D eigenvalue weighted by Crippen LogP contribution is -2.24. The van der Waals surface area contributed by atoms with Gasteiger partial charge in [0.25, 0.3) is 0 Å². The molecule has 0 unspecified atom stereocenters. The van der Waals surface area contributed by atoms with Gasteiger partial charge in [0.2, 0.25) is 0 Å². The predicted molar refractivity (Wildman–Crippen MR) is 113 cm³/mol. The van der Waals surface area contributed by atoms with Gasteiger partial charge in [-0.25, -0.2) is 4.79 Å². The molecule has 3 rings (SSSR count). The van der Waals surface area contributed by atoms with Gasteiger partial charge >= 0.3 is 5.97 Å². The van der Waals surface area contributed by atoms with Crippen molar-refractivity contribution in [2.45, 2.75) is 46.0 Å². The molecule has 144 valence electrons. The van der Waals surface area contributed by atoms with Crippen LogP contribution in [0.1, 0.15) is 61.9 Å². The van der Waals surface area contributed by atoms with E-state index in [1.165, 1.54) is 24.8 Å². The van der Waals surface area contributed by atoms with E-state index in [1.54, 1.807) is 24.3 Å². The highest BCUT2D eigenvalue weighted by Gasteiger charge is 2.25. The Morgan fingerprint density at radius 1 is 0.929 bits per heavy atom. The van der Waals surface area contributed by atoms with Gasteiger partial charge in [-0.1, -0.05) is 60.1 Å². The van der Waals surface area contributed by atoms with Gasteiger partial charge in [-0.2, -0.15) is 0 Å². The zero-order valence-electron chi connectivity index (χ0n) is 16.7. The summed E-state index contributed by atoms with van der Waals surface area (Å²) in [7, 11) is 0. The summed E-state index contributed by atoms with van der Waals surface area (Å²) in [4.78, 5) is 17.7. The molecule has 0 bridgehead atoms. The second-order valence-corrected chi connectivity index (χ2v) is 7.73. The minimum atomic E-state index is -0.459. The van der Waals surface area contributed by atoms with Crippen molar-refractivity contribution < 1.29 is 9.63 Å². The third kappa shape index (κ3) is 5.31. The first-order valence-corrected chi connectivity index (χ1v) is 9.92. The molecule has 0 heterocycles. The van der Waals surface area contributed by atoms with Crippen molar-refractivity contribution >= 4 is 11.7 Å². The molecule has 0 radical (unpaired) electrons. The van der Waals surface area contributed by atoms with Crippen LogP contribution < -0.4 is 0 Å². The second-order valence-electron chi connectivity index (χ2n) is 7.73. The van der Waals surface area contributed by atoms with Crippen molar-refractivity contribution in [1.29, 1.82) is 0 Å². The Labute approximate surface area is 167 Å². The molecule has 3 nitrogen and oxygen atoms in total. The van der Waals surface area contributed by atoms with Crippen LogP contribution in [0.3, 0.4) is 0 Å². The van der Waals surface area contributed by atoms with Crippen molar-refractivity contribution in [2.75, 3.05) is 0 Å². The number of oxime groups is 1. The molecular weight excluding hydrogens is 346 g/mol. The molecule has 2 aromatic carbocycles. The van der Waals surface area contributed by atoms with E-state index in [9.17, 15) is 4.79 Å². The zero-order valence-corrected chi connectivity index (χ0v) is 16.7. The molecule has 0 spiro atoms. The number of rotatable bonds is 5. The molecule has 2 aromatic rings. The third-order valence-corrected chi connectivity index (χ3v) is 4.98. The van der Waals surface area contributed by atoms with E-state index in [1.807, 2.05) is 36.4 Å². The van der Waals surface area contributed by atoms with Gasteiger partial charge in [-0.15, -0.1) is 5.73 Å². The highest BCUT2D eigenvalue weighted by molar-refractivity contribution is 6.05. The third-order valence-electron chi connectivity index (χ3n) is 4.98. The van der Waals surface area contributed by atoms with Crippen molar-refractivity contribution in [3.63, 3.8) is 0 Å². The minimum Gasteiger partial charge on any atom is -0.312 e. The fourth-order valence-electron chi connectivity index (χ4n) is 3.33. The van der Waals surface area contributed by atoms with Gasteiger partial charge < -0.3 is 4.84 Å². The number of hydrogen-bond acceptors (Lipinski definition) is 3. The molecule has 0 amide bonds. The fraction of sp³-hybridized carbons (Fsp3) is 0.320.